The molecule has 2 fully saturated rings. The lowest BCUT2D eigenvalue weighted by atomic mass is 9.69. The molecule has 2 amide bonds. The van der Waals surface area contributed by atoms with Gasteiger partial charge in [-0.15, -0.1) is 0 Å². The van der Waals surface area contributed by atoms with Crippen LogP contribution in [0, 0.1) is 11.8 Å². The van der Waals surface area contributed by atoms with Crippen LogP contribution in [0.25, 0.3) is 0 Å². The summed E-state index contributed by atoms with van der Waals surface area (Å²) in [5.74, 6) is 0.806. The predicted octanol–water partition coefficient (Wildman–Crippen LogP) is 1.95. The molecule has 0 bridgehead atoms. The van der Waals surface area contributed by atoms with Gasteiger partial charge in [0.25, 0.3) is 5.91 Å². The summed E-state index contributed by atoms with van der Waals surface area (Å²) in [7, 11) is 0. The number of amidine groups is 1. The number of para-hydroxylation sites is 1. The van der Waals surface area contributed by atoms with Gasteiger partial charge in [-0.2, -0.15) is 0 Å². The molecule has 3 aliphatic rings. The Morgan fingerprint density at radius 2 is 2.08 bits per heavy atom. The first-order valence-electron chi connectivity index (χ1n) is 9.48. The third-order valence-corrected chi connectivity index (χ3v) is 6.16. The number of anilines is 1. The topological polar surface area (TPSA) is 96.6 Å². The Morgan fingerprint density at radius 1 is 1.35 bits per heavy atom. The molecule has 4 rings (SSSR count). The van der Waals surface area contributed by atoms with Crippen LogP contribution < -0.4 is 16.4 Å². The van der Waals surface area contributed by atoms with Crippen molar-refractivity contribution < 1.29 is 9.59 Å². The van der Waals surface area contributed by atoms with E-state index in [1.165, 1.54) is 0 Å². The summed E-state index contributed by atoms with van der Waals surface area (Å²) >= 11 is 0. The Kier molecular flexibility index (Phi) is 4.31. The first-order chi connectivity index (χ1) is 12.5. The molecule has 2 saturated carbocycles. The van der Waals surface area contributed by atoms with Crippen molar-refractivity contribution in [3.8, 4) is 0 Å². The standard InChI is InChI=1S/C20H26N4O2/c1-12(21)23-18(25)15-10-13(15)11-22-14-6-8-20(9-7-14)16-4-2-3-5-17(16)24-19(20)26/h2-5,13-15,22H,6-11H2,1H3,(H,24,26)(H2,21,23,25). The normalized spacial score (nSPS) is 33.0. The molecule has 4 N–H and O–H groups in total. The summed E-state index contributed by atoms with van der Waals surface area (Å²) in [6.07, 6.45) is 4.60. The summed E-state index contributed by atoms with van der Waals surface area (Å²) in [4.78, 5) is 28.3. The van der Waals surface area contributed by atoms with Gasteiger partial charge in [-0.3, -0.25) is 9.59 Å². The van der Waals surface area contributed by atoms with E-state index in [0.717, 1.165) is 49.9 Å². The first kappa shape index (κ1) is 17.2. The van der Waals surface area contributed by atoms with Gasteiger partial charge in [0.05, 0.1) is 11.3 Å². The second kappa shape index (κ2) is 6.50. The molecule has 0 saturated heterocycles. The van der Waals surface area contributed by atoms with E-state index >= 15 is 0 Å². The number of benzene rings is 1. The number of rotatable bonds is 4. The monoisotopic (exact) mass is 354 g/mol. The lowest BCUT2D eigenvalue weighted by molar-refractivity contribution is -0.122. The van der Waals surface area contributed by atoms with E-state index in [1.54, 1.807) is 6.92 Å². The number of nitrogens with one attached hydrogen (secondary N) is 2. The Labute approximate surface area is 153 Å². The highest BCUT2D eigenvalue weighted by atomic mass is 16.2. The van der Waals surface area contributed by atoms with E-state index in [4.69, 9.17) is 5.73 Å². The Bertz CT molecular complexity index is 761. The fraction of sp³-hybridized carbons (Fsp3) is 0.550. The molecule has 6 nitrogen and oxygen atoms in total. The van der Waals surface area contributed by atoms with Crippen molar-refractivity contribution in [1.29, 1.82) is 0 Å². The summed E-state index contributed by atoms with van der Waals surface area (Å²) in [5, 5.41) is 6.65. The van der Waals surface area contributed by atoms with Crippen molar-refractivity contribution in [2.45, 2.75) is 50.5 Å². The van der Waals surface area contributed by atoms with Crippen LogP contribution in [0.4, 0.5) is 5.69 Å². The molecule has 1 aromatic carbocycles. The van der Waals surface area contributed by atoms with Gasteiger partial charge < -0.3 is 16.4 Å². The number of carbonyl (C=O) groups is 2. The van der Waals surface area contributed by atoms with Gasteiger partial charge in [0, 0.05) is 17.6 Å². The van der Waals surface area contributed by atoms with E-state index in [9.17, 15) is 9.59 Å². The van der Waals surface area contributed by atoms with Crippen molar-refractivity contribution in [2.24, 2.45) is 22.6 Å². The molecule has 1 heterocycles. The SMILES string of the molecule is CC(N)=NC(=O)C1CC1CNC1CCC2(CC1)C(=O)Nc1ccccc12. The second-order valence-electron chi connectivity index (χ2n) is 7.96. The van der Waals surface area contributed by atoms with Crippen LogP contribution in [0.2, 0.25) is 0 Å². The maximum atomic E-state index is 12.6. The highest BCUT2D eigenvalue weighted by molar-refractivity contribution is 6.06. The number of nitrogens with zero attached hydrogens (tertiary/aromatic N) is 1. The summed E-state index contributed by atoms with van der Waals surface area (Å²) in [6.45, 7) is 2.48. The average molecular weight is 354 g/mol. The lowest BCUT2D eigenvalue weighted by Gasteiger charge is -2.36. The second-order valence-corrected chi connectivity index (χ2v) is 7.96. The van der Waals surface area contributed by atoms with Crippen LogP contribution in [0.1, 0.15) is 44.6 Å². The van der Waals surface area contributed by atoms with Crippen LogP contribution in [0.15, 0.2) is 29.3 Å². The molecule has 2 aliphatic carbocycles. The van der Waals surface area contributed by atoms with Crippen LogP contribution in [-0.2, 0) is 15.0 Å². The van der Waals surface area contributed by atoms with Crippen LogP contribution in [0.5, 0.6) is 0 Å². The molecule has 1 aromatic rings. The van der Waals surface area contributed by atoms with Crippen LogP contribution in [0.3, 0.4) is 0 Å². The van der Waals surface area contributed by atoms with Crippen molar-refractivity contribution in [3.63, 3.8) is 0 Å². The highest BCUT2D eigenvalue weighted by Gasteiger charge is 2.49. The average Bonchev–Trinajstić information content (AvgIpc) is 3.35. The van der Waals surface area contributed by atoms with E-state index < -0.39 is 0 Å². The number of hydrogen-bond acceptors (Lipinski definition) is 3. The zero-order chi connectivity index (χ0) is 18.3. The Morgan fingerprint density at radius 3 is 2.81 bits per heavy atom. The Balaban J connectivity index is 1.30. The number of hydrogen-bond donors (Lipinski definition) is 3. The zero-order valence-electron chi connectivity index (χ0n) is 15.1. The fourth-order valence-corrected chi connectivity index (χ4v) is 4.54. The van der Waals surface area contributed by atoms with Gasteiger partial charge in [-0.25, -0.2) is 4.99 Å². The number of amides is 2. The van der Waals surface area contributed by atoms with Gasteiger partial charge in [-0.1, -0.05) is 18.2 Å². The molecule has 0 aromatic heterocycles. The predicted molar refractivity (Wildman–Crippen MR) is 101 cm³/mol. The third-order valence-electron chi connectivity index (χ3n) is 6.16. The van der Waals surface area contributed by atoms with Gasteiger partial charge in [-0.05, 0) is 63.1 Å². The van der Waals surface area contributed by atoms with Gasteiger partial charge in [0.2, 0.25) is 5.91 Å². The van der Waals surface area contributed by atoms with Crippen LogP contribution >= 0.6 is 0 Å². The van der Waals surface area contributed by atoms with Crippen molar-refractivity contribution in [1.82, 2.24) is 5.32 Å². The van der Waals surface area contributed by atoms with E-state index in [1.807, 2.05) is 18.2 Å². The molecular formula is C20H26N4O2. The number of fused-ring (bicyclic) bond motifs is 2. The molecule has 2 atom stereocenters. The molecule has 1 spiro atoms. The number of nitrogens with two attached hydrogens (primary N) is 1. The molecule has 6 heteroatoms. The van der Waals surface area contributed by atoms with E-state index in [0.29, 0.717) is 17.8 Å². The summed E-state index contributed by atoms with van der Waals surface area (Å²) in [6, 6.07) is 8.47. The number of aliphatic imine (C=N–C) groups is 1. The molecule has 138 valence electrons. The van der Waals surface area contributed by atoms with Gasteiger partial charge in [0.15, 0.2) is 0 Å². The maximum Gasteiger partial charge on any atom is 0.250 e. The molecule has 0 radical (unpaired) electrons. The number of carbonyl (C=O) groups excluding carboxylic acids is 2. The van der Waals surface area contributed by atoms with Gasteiger partial charge >= 0.3 is 0 Å². The third kappa shape index (κ3) is 3.03. The molecule has 26 heavy (non-hydrogen) atoms. The fourth-order valence-electron chi connectivity index (χ4n) is 4.54. The van der Waals surface area contributed by atoms with Crippen molar-refractivity contribution >= 4 is 23.3 Å². The largest absolute Gasteiger partial charge is 0.387 e. The zero-order valence-corrected chi connectivity index (χ0v) is 15.1. The molecule has 2 unspecified atom stereocenters. The minimum atomic E-state index is -0.347. The lowest BCUT2D eigenvalue weighted by Crippen LogP contribution is -2.44. The smallest absolute Gasteiger partial charge is 0.250 e. The maximum absolute atomic E-state index is 12.6. The van der Waals surface area contributed by atoms with Crippen LogP contribution in [-0.4, -0.2) is 30.2 Å². The minimum Gasteiger partial charge on any atom is -0.387 e. The van der Waals surface area contributed by atoms with Gasteiger partial charge in [0.1, 0.15) is 0 Å². The van der Waals surface area contributed by atoms with Crippen molar-refractivity contribution in [3.05, 3.63) is 29.8 Å². The minimum absolute atomic E-state index is 0.0309. The first-order valence-corrected chi connectivity index (χ1v) is 9.48. The molecule has 1 aliphatic heterocycles. The quantitative estimate of drug-likeness (QED) is 0.569. The van der Waals surface area contributed by atoms with E-state index in [-0.39, 0.29) is 23.1 Å². The summed E-state index contributed by atoms with van der Waals surface area (Å²) in [5.41, 5.74) is 7.26. The molecular weight excluding hydrogens is 328 g/mol. The Hall–Kier alpha value is -2.21. The highest BCUT2D eigenvalue weighted by Crippen LogP contribution is 2.47. The summed E-state index contributed by atoms with van der Waals surface area (Å²) < 4.78 is 0. The van der Waals surface area contributed by atoms with Crippen molar-refractivity contribution in [2.75, 3.05) is 11.9 Å². The van der Waals surface area contributed by atoms with E-state index in [2.05, 4.69) is 21.7 Å².